The highest BCUT2D eigenvalue weighted by Crippen LogP contribution is 2.21. The summed E-state index contributed by atoms with van der Waals surface area (Å²) in [6.45, 7) is 1.92. The van der Waals surface area contributed by atoms with Crippen molar-refractivity contribution in [2.45, 2.75) is 18.9 Å². The Hall–Kier alpha value is -0.570. The fraction of sp³-hybridized carbons (Fsp3) is 0.857. The molecule has 2 atom stereocenters. The first-order valence-electron chi connectivity index (χ1n) is 3.86. The molecule has 0 unspecified atom stereocenters. The lowest BCUT2D eigenvalue weighted by molar-refractivity contribution is -0.123. The highest BCUT2D eigenvalue weighted by molar-refractivity contribution is 5.77. The normalized spacial score (nSPS) is 39.0. The Kier molecular flexibility index (Phi) is 1.38. The molecule has 0 saturated carbocycles. The van der Waals surface area contributed by atoms with Gasteiger partial charge in [-0.25, -0.2) is 0 Å². The number of nitrogens with one attached hydrogen (secondary N) is 2. The molecule has 0 aromatic heterocycles. The number of fused-ring (bicyclic) bond motifs is 1. The third kappa shape index (κ3) is 0.904. The van der Waals surface area contributed by atoms with Gasteiger partial charge in [-0.2, -0.15) is 0 Å². The molecule has 2 aliphatic heterocycles. The summed E-state index contributed by atoms with van der Waals surface area (Å²) in [6.07, 6.45) is 1.91. The third-order valence-electron chi connectivity index (χ3n) is 2.46. The van der Waals surface area contributed by atoms with Crippen molar-refractivity contribution >= 4 is 5.91 Å². The van der Waals surface area contributed by atoms with Gasteiger partial charge in [-0.3, -0.25) is 4.79 Å². The van der Waals surface area contributed by atoms with Crippen LogP contribution in [-0.2, 0) is 4.79 Å². The molecule has 3 nitrogen and oxygen atoms in total. The zero-order valence-corrected chi connectivity index (χ0v) is 5.89. The molecular formula is C7H12N2O. The average molecular weight is 140 g/mol. The van der Waals surface area contributed by atoms with Crippen LogP contribution in [0.4, 0.5) is 0 Å². The summed E-state index contributed by atoms with van der Waals surface area (Å²) in [5, 5.41) is 6.22. The number of hydrogen-bond donors (Lipinski definition) is 2. The van der Waals surface area contributed by atoms with E-state index in [-0.39, 0.29) is 5.91 Å². The second kappa shape index (κ2) is 2.23. The fourth-order valence-electron chi connectivity index (χ4n) is 1.84. The van der Waals surface area contributed by atoms with Crippen molar-refractivity contribution in [3.63, 3.8) is 0 Å². The van der Waals surface area contributed by atoms with Gasteiger partial charge in [0, 0.05) is 19.0 Å². The Morgan fingerprint density at radius 2 is 2.40 bits per heavy atom. The quantitative estimate of drug-likeness (QED) is 0.475. The van der Waals surface area contributed by atoms with Crippen LogP contribution in [0.3, 0.4) is 0 Å². The standard InChI is InChI=1S/C7H12N2O/c10-7-3-5-1-2-8-6(5)4-9-7/h5-6,8H,1-4H2,(H,9,10)/t5-,6+/m1/s1. The van der Waals surface area contributed by atoms with Gasteiger partial charge in [-0.15, -0.1) is 0 Å². The highest BCUT2D eigenvalue weighted by atomic mass is 16.1. The molecule has 56 valence electrons. The first kappa shape index (κ1) is 6.16. The number of hydrogen-bond acceptors (Lipinski definition) is 2. The van der Waals surface area contributed by atoms with Gasteiger partial charge in [0.05, 0.1) is 0 Å². The van der Waals surface area contributed by atoms with Crippen LogP contribution in [0.5, 0.6) is 0 Å². The van der Waals surface area contributed by atoms with Gasteiger partial charge in [0.1, 0.15) is 0 Å². The van der Waals surface area contributed by atoms with Crippen LogP contribution >= 0.6 is 0 Å². The number of carbonyl (C=O) groups excluding carboxylic acids is 1. The maximum atomic E-state index is 10.9. The van der Waals surface area contributed by atoms with E-state index < -0.39 is 0 Å². The highest BCUT2D eigenvalue weighted by Gasteiger charge is 2.32. The van der Waals surface area contributed by atoms with Gasteiger partial charge in [0.2, 0.25) is 5.91 Å². The van der Waals surface area contributed by atoms with Gasteiger partial charge in [-0.1, -0.05) is 0 Å². The molecule has 0 spiro atoms. The Balaban J connectivity index is 2.03. The molecule has 2 saturated heterocycles. The molecule has 2 fully saturated rings. The second-order valence-electron chi connectivity index (χ2n) is 3.12. The van der Waals surface area contributed by atoms with Crippen LogP contribution in [0.15, 0.2) is 0 Å². The van der Waals surface area contributed by atoms with E-state index in [1.165, 1.54) is 6.42 Å². The summed E-state index contributed by atoms with van der Waals surface area (Å²) in [7, 11) is 0. The molecule has 10 heavy (non-hydrogen) atoms. The lowest BCUT2D eigenvalue weighted by atomic mass is 9.93. The molecule has 0 radical (unpaired) electrons. The zero-order valence-electron chi connectivity index (χ0n) is 5.89. The van der Waals surface area contributed by atoms with E-state index in [1.54, 1.807) is 0 Å². The minimum Gasteiger partial charge on any atom is -0.355 e. The van der Waals surface area contributed by atoms with Gasteiger partial charge in [0.15, 0.2) is 0 Å². The fourth-order valence-corrected chi connectivity index (χ4v) is 1.84. The Labute approximate surface area is 60.2 Å². The van der Waals surface area contributed by atoms with Crippen molar-refractivity contribution in [2.24, 2.45) is 5.92 Å². The van der Waals surface area contributed by atoms with Crippen LogP contribution in [0, 0.1) is 5.92 Å². The molecule has 0 aromatic rings. The first-order chi connectivity index (χ1) is 4.86. The summed E-state index contributed by atoms with van der Waals surface area (Å²) in [6, 6.07) is 0.567. The Morgan fingerprint density at radius 1 is 1.50 bits per heavy atom. The molecular weight excluding hydrogens is 128 g/mol. The van der Waals surface area contributed by atoms with E-state index in [0.717, 1.165) is 19.5 Å². The lowest BCUT2D eigenvalue weighted by Gasteiger charge is -2.24. The predicted molar refractivity (Wildman–Crippen MR) is 37.5 cm³/mol. The van der Waals surface area contributed by atoms with Gasteiger partial charge >= 0.3 is 0 Å². The topological polar surface area (TPSA) is 41.1 Å². The van der Waals surface area contributed by atoms with Crippen molar-refractivity contribution in [3.8, 4) is 0 Å². The summed E-state index contributed by atoms with van der Waals surface area (Å²) in [5.74, 6) is 0.846. The predicted octanol–water partition coefficient (Wildman–Crippen LogP) is -0.516. The summed E-state index contributed by atoms with van der Waals surface area (Å²) >= 11 is 0. The van der Waals surface area contributed by atoms with E-state index in [0.29, 0.717) is 12.0 Å². The van der Waals surface area contributed by atoms with Crippen LogP contribution in [0.1, 0.15) is 12.8 Å². The van der Waals surface area contributed by atoms with Crippen LogP contribution < -0.4 is 10.6 Å². The third-order valence-corrected chi connectivity index (χ3v) is 2.46. The molecule has 0 bridgehead atoms. The SMILES string of the molecule is O=C1C[C@H]2CCN[C@H]2CN1. The molecule has 0 aliphatic carbocycles. The second-order valence-corrected chi connectivity index (χ2v) is 3.12. The van der Waals surface area contributed by atoms with Crippen LogP contribution in [0.2, 0.25) is 0 Å². The number of carbonyl (C=O) groups is 1. The van der Waals surface area contributed by atoms with Gasteiger partial charge in [-0.05, 0) is 18.9 Å². The van der Waals surface area contributed by atoms with Crippen molar-refractivity contribution in [3.05, 3.63) is 0 Å². The molecule has 2 heterocycles. The zero-order chi connectivity index (χ0) is 6.97. The minimum atomic E-state index is 0.227. The summed E-state index contributed by atoms with van der Waals surface area (Å²) < 4.78 is 0. The van der Waals surface area contributed by atoms with Crippen molar-refractivity contribution in [2.75, 3.05) is 13.1 Å². The first-order valence-corrected chi connectivity index (χ1v) is 3.86. The van der Waals surface area contributed by atoms with E-state index in [4.69, 9.17) is 0 Å². The Bertz CT molecular complexity index is 158. The van der Waals surface area contributed by atoms with Crippen molar-refractivity contribution in [1.29, 1.82) is 0 Å². The van der Waals surface area contributed by atoms with E-state index in [9.17, 15) is 4.79 Å². The van der Waals surface area contributed by atoms with Crippen LogP contribution in [-0.4, -0.2) is 25.0 Å². The van der Waals surface area contributed by atoms with E-state index in [2.05, 4.69) is 10.6 Å². The number of rotatable bonds is 0. The molecule has 2 aliphatic rings. The lowest BCUT2D eigenvalue weighted by Crippen LogP contribution is -2.46. The number of amides is 1. The maximum absolute atomic E-state index is 10.9. The van der Waals surface area contributed by atoms with Crippen LogP contribution in [0.25, 0.3) is 0 Å². The molecule has 3 heteroatoms. The summed E-state index contributed by atoms with van der Waals surface area (Å²) in [5.41, 5.74) is 0. The smallest absolute Gasteiger partial charge is 0.220 e. The van der Waals surface area contributed by atoms with E-state index in [1.807, 2.05) is 0 Å². The maximum Gasteiger partial charge on any atom is 0.220 e. The molecule has 0 aromatic carbocycles. The average Bonchev–Trinajstić information content (AvgIpc) is 2.33. The van der Waals surface area contributed by atoms with Gasteiger partial charge in [0.25, 0.3) is 0 Å². The van der Waals surface area contributed by atoms with Crippen molar-refractivity contribution in [1.82, 2.24) is 10.6 Å². The molecule has 1 amide bonds. The van der Waals surface area contributed by atoms with E-state index >= 15 is 0 Å². The minimum absolute atomic E-state index is 0.227. The summed E-state index contributed by atoms with van der Waals surface area (Å²) in [4.78, 5) is 10.9. The number of piperidine rings is 1. The Morgan fingerprint density at radius 3 is 3.30 bits per heavy atom. The molecule has 2 rings (SSSR count). The van der Waals surface area contributed by atoms with Gasteiger partial charge < -0.3 is 10.6 Å². The molecule has 2 N–H and O–H groups in total. The monoisotopic (exact) mass is 140 g/mol. The van der Waals surface area contributed by atoms with Crippen molar-refractivity contribution < 1.29 is 4.79 Å². The largest absolute Gasteiger partial charge is 0.355 e.